The number of rotatable bonds is 3. The molecule has 0 bridgehead atoms. The highest BCUT2D eigenvalue weighted by Gasteiger charge is 2.06. The van der Waals surface area contributed by atoms with E-state index in [1.165, 1.54) is 0 Å². The summed E-state index contributed by atoms with van der Waals surface area (Å²) in [6, 6.07) is 5.82. The van der Waals surface area contributed by atoms with Crippen LogP contribution in [0.15, 0.2) is 36.9 Å². The van der Waals surface area contributed by atoms with Crippen molar-refractivity contribution in [3.63, 3.8) is 0 Å². The molecule has 1 aromatic carbocycles. The number of anilines is 1. The van der Waals surface area contributed by atoms with Gasteiger partial charge >= 0.3 is 0 Å². The highest BCUT2D eigenvalue weighted by Crippen LogP contribution is 2.21. The van der Waals surface area contributed by atoms with Crippen molar-refractivity contribution in [1.82, 2.24) is 19.9 Å². The molecule has 0 aliphatic rings. The van der Waals surface area contributed by atoms with E-state index in [9.17, 15) is 0 Å². The Kier molecular flexibility index (Phi) is 3.39. The fraction of sp³-hybridized carbons (Fsp3) is 0.143. The summed E-state index contributed by atoms with van der Waals surface area (Å²) in [6.07, 6.45) is 5.64. The van der Waals surface area contributed by atoms with Gasteiger partial charge in [-0.05, 0) is 30.7 Å². The summed E-state index contributed by atoms with van der Waals surface area (Å²) in [5.41, 5.74) is 4.01. The lowest BCUT2D eigenvalue weighted by molar-refractivity contribution is 1.01. The van der Waals surface area contributed by atoms with E-state index in [1.54, 1.807) is 24.8 Å². The SMILES string of the molecule is Cc1cc2[nH]cnc2cc1NC(=S)Cc1ncccn1. The van der Waals surface area contributed by atoms with Gasteiger partial charge < -0.3 is 10.3 Å². The fourth-order valence-electron chi connectivity index (χ4n) is 1.98. The molecule has 2 N–H and O–H groups in total. The minimum Gasteiger partial charge on any atom is -0.349 e. The molecule has 0 atom stereocenters. The Morgan fingerprint density at radius 3 is 2.85 bits per heavy atom. The molecule has 6 heteroatoms. The number of benzene rings is 1. The number of aromatic nitrogens is 4. The second-order valence-corrected chi connectivity index (χ2v) is 4.97. The quantitative estimate of drug-likeness (QED) is 0.723. The first-order chi connectivity index (χ1) is 9.72. The average molecular weight is 283 g/mol. The fourth-order valence-corrected chi connectivity index (χ4v) is 2.22. The monoisotopic (exact) mass is 283 g/mol. The van der Waals surface area contributed by atoms with Gasteiger partial charge in [-0.25, -0.2) is 15.0 Å². The minimum absolute atomic E-state index is 0.522. The van der Waals surface area contributed by atoms with Crippen molar-refractivity contribution in [1.29, 1.82) is 0 Å². The van der Waals surface area contributed by atoms with Gasteiger partial charge in [-0.15, -0.1) is 0 Å². The van der Waals surface area contributed by atoms with Crippen LogP contribution in [0.25, 0.3) is 11.0 Å². The van der Waals surface area contributed by atoms with Gasteiger partial charge in [-0.2, -0.15) is 0 Å². The first-order valence-corrected chi connectivity index (χ1v) is 6.62. The summed E-state index contributed by atoms with van der Waals surface area (Å²) in [5, 5.41) is 3.24. The van der Waals surface area contributed by atoms with Crippen molar-refractivity contribution in [2.45, 2.75) is 13.3 Å². The summed E-state index contributed by atoms with van der Waals surface area (Å²) in [7, 11) is 0. The van der Waals surface area contributed by atoms with Crippen molar-refractivity contribution in [3.05, 3.63) is 48.3 Å². The van der Waals surface area contributed by atoms with Crippen molar-refractivity contribution in [3.8, 4) is 0 Å². The van der Waals surface area contributed by atoms with Crippen LogP contribution in [-0.4, -0.2) is 24.9 Å². The van der Waals surface area contributed by atoms with E-state index in [1.807, 2.05) is 19.1 Å². The Bertz CT molecular complexity index is 751. The van der Waals surface area contributed by atoms with Crippen molar-refractivity contribution in [2.24, 2.45) is 0 Å². The van der Waals surface area contributed by atoms with E-state index in [-0.39, 0.29) is 0 Å². The van der Waals surface area contributed by atoms with Gasteiger partial charge in [0.25, 0.3) is 0 Å². The number of H-pyrrole nitrogens is 1. The molecule has 3 rings (SSSR count). The van der Waals surface area contributed by atoms with Gasteiger partial charge in [-0.3, -0.25) is 0 Å². The molecule has 100 valence electrons. The van der Waals surface area contributed by atoms with Crippen molar-refractivity contribution >= 4 is 33.9 Å². The summed E-state index contributed by atoms with van der Waals surface area (Å²) < 4.78 is 0. The average Bonchev–Trinajstić information content (AvgIpc) is 2.87. The molecule has 0 aliphatic heterocycles. The zero-order chi connectivity index (χ0) is 13.9. The third kappa shape index (κ3) is 2.65. The van der Waals surface area contributed by atoms with Crippen molar-refractivity contribution < 1.29 is 0 Å². The molecule has 0 saturated heterocycles. The molecular weight excluding hydrogens is 270 g/mol. The number of aryl methyl sites for hydroxylation is 1. The third-order valence-corrected chi connectivity index (χ3v) is 3.22. The molecule has 0 spiro atoms. The molecule has 0 unspecified atom stereocenters. The lowest BCUT2D eigenvalue weighted by atomic mass is 10.1. The molecule has 0 fully saturated rings. The standard InChI is InChI=1S/C14H13N5S/c1-9-5-11-12(18-8-17-11)6-10(9)19-14(20)7-13-15-3-2-4-16-13/h2-6,8H,7H2,1H3,(H,17,18)(H,19,20). The van der Waals surface area contributed by atoms with Crippen LogP contribution in [0, 0.1) is 6.92 Å². The van der Waals surface area contributed by atoms with Crippen LogP contribution in [0.3, 0.4) is 0 Å². The number of hydrogen-bond donors (Lipinski definition) is 2. The summed E-state index contributed by atoms with van der Waals surface area (Å²) in [6.45, 7) is 2.03. The predicted octanol–water partition coefficient (Wildman–Crippen LogP) is 2.64. The number of thiocarbonyl (C=S) groups is 1. The molecule has 0 amide bonds. The highest BCUT2D eigenvalue weighted by atomic mass is 32.1. The van der Waals surface area contributed by atoms with Gasteiger partial charge in [0, 0.05) is 18.1 Å². The van der Waals surface area contributed by atoms with E-state index in [0.717, 1.165) is 22.3 Å². The summed E-state index contributed by atoms with van der Waals surface area (Å²) in [5.74, 6) is 0.712. The van der Waals surface area contributed by atoms with Crippen LogP contribution in [-0.2, 0) is 6.42 Å². The second-order valence-electron chi connectivity index (χ2n) is 4.48. The van der Waals surface area contributed by atoms with Crippen LogP contribution in [0.2, 0.25) is 0 Å². The van der Waals surface area contributed by atoms with E-state index in [2.05, 4.69) is 25.3 Å². The molecule has 3 aromatic rings. The molecule has 2 aromatic heterocycles. The molecule has 0 aliphatic carbocycles. The predicted molar refractivity (Wildman–Crippen MR) is 82.8 cm³/mol. The Balaban J connectivity index is 1.78. The van der Waals surface area contributed by atoms with E-state index >= 15 is 0 Å². The molecule has 20 heavy (non-hydrogen) atoms. The lowest BCUT2D eigenvalue weighted by Gasteiger charge is -2.10. The number of aromatic amines is 1. The van der Waals surface area contributed by atoms with Gasteiger partial charge in [0.05, 0.1) is 28.8 Å². The number of nitrogens with one attached hydrogen (secondary N) is 2. The zero-order valence-electron chi connectivity index (χ0n) is 10.9. The second kappa shape index (κ2) is 5.34. The van der Waals surface area contributed by atoms with E-state index < -0.39 is 0 Å². The first kappa shape index (κ1) is 12.7. The lowest BCUT2D eigenvalue weighted by Crippen LogP contribution is -2.14. The molecule has 0 saturated carbocycles. The number of imidazole rings is 1. The van der Waals surface area contributed by atoms with Gasteiger partial charge in [0.15, 0.2) is 0 Å². The largest absolute Gasteiger partial charge is 0.349 e. The Hall–Kier alpha value is -2.34. The number of fused-ring (bicyclic) bond motifs is 1. The maximum atomic E-state index is 5.36. The van der Waals surface area contributed by atoms with Crippen LogP contribution < -0.4 is 5.32 Å². The van der Waals surface area contributed by atoms with Crippen LogP contribution >= 0.6 is 12.2 Å². The summed E-state index contributed by atoms with van der Waals surface area (Å²) in [4.78, 5) is 16.4. The Labute approximate surface area is 121 Å². The van der Waals surface area contributed by atoms with Gasteiger partial charge in [0.1, 0.15) is 5.82 Å². The maximum Gasteiger partial charge on any atom is 0.134 e. The third-order valence-electron chi connectivity index (χ3n) is 2.98. The molecule has 0 radical (unpaired) electrons. The smallest absolute Gasteiger partial charge is 0.134 e. The Morgan fingerprint density at radius 2 is 2.05 bits per heavy atom. The first-order valence-electron chi connectivity index (χ1n) is 6.22. The molecule has 2 heterocycles. The Morgan fingerprint density at radius 1 is 1.25 bits per heavy atom. The normalized spacial score (nSPS) is 10.7. The molecular formula is C14H13N5S. The summed E-state index contributed by atoms with van der Waals surface area (Å²) >= 11 is 5.36. The minimum atomic E-state index is 0.522. The van der Waals surface area contributed by atoms with Crippen LogP contribution in [0.5, 0.6) is 0 Å². The zero-order valence-corrected chi connectivity index (χ0v) is 11.7. The number of hydrogen-bond acceptors (Lipinski definition) is 4. The topological polar surface area (TPSA) is 66.5 Å². The van der Waals surface area contributed by atoms with E-state index in [4.69, 9.17) is 12.2 Å². The van der Waals surface area contributed by atoms with Crippen LogP contribution in [0.4, 0.5) is 5.69 Å². The number of nitrogens with zero attached hydrogens (tertiary/aromatic N) is 3. The highest BCUT2D eigenvalue weighted by molar-refractivity contribution is 7.80. The van der Waals surface area contributed by atoms with Crippen LogP contribution in [0.1, 0.15) is 11.4 Å². The van der Waals surface area contributed by atoms with Gasteiger partial charge in [-0.1, -0.05) is 12.2 Å². The van der Waals surface area contributed by atoms with Gasteiger partial charge in [0.2, 0.25) is 0 Å². The van der Waals surface area contributed by atoms with E-state index in [0.29, 0.717) is 17.2 Å². The molecule has 5 nitrogen and oxygen atoms in total. The maximum absolute atomic E-state index is 5.36. The van der Waals surface area contributed by atoms with Crippen molar-refractivity contribution in [2.75, 3.05) is 5.32 Å².